The molecule has 0 amide bonds. The molecule has 1 aromatic carbocycles. The number of nitrogens with one attached hydrogen (secondary N) is 1. The summed E-state index contributed by atoms with van der Waals surface area (Å²) in [5.74, 6) is 0. The molecule has 2 rings (SSSR count). The summed E-state index contributed by atoms with van der Waals surface area (Å²) in [6.45, 7) is 0.933. The molecule has 90 valence electrons. The Morgan fingerprint density at radius 1 is 1.29 bits per heavy atom. The Kier molecular flexibility index (Phi) is 3.52. The van der Waals surface area contributed by atoms with Gasteiger partial charge in [0.15, 0.2) is 0 Å². The zero-order valence-corrected chi connectivity index (χ0v) is 10.1. The number of benzene rings is 1. The van der Waals surface area contributed by atoms with Crippen LogP contribution in [0.5, 0.6) is 0 Å². The summed E-state index contributed by atoms with van der Waals surface area (Å²) in [5, 5.41) is 19.7. The highest BCUT2D eigenvalue weighted by atomic mass is 16.4. The van der Waals surface area contributed by atoms with Crippen LogP contribution in [0, 0.1) is 0 Å². The maximum Gasteiger partial charge on any atom is 0.489 e. The topological polar surface area (TPSA) is 59.5 Å². The first kappa shape index (κ1) is 12.2. The van der Waals surface area contributed by atoms with Gasteiger partial charge in [-0.3, -0.25) is 0 Å². The third-order valence-corrected chi connectivity index (χ3v) is 2.93. The lowest BCUT2D eigenvalue weighted by Crippen LogP contribution is -2.30. The lowest BCUT2D eigenvalue weighted by Gasteiger charge is -2.09. The van der Waals surface area contributed by atoms with Crippen molar-refractivity contribution < 1.29 is 10.0 Å². The SMILES string of the molecule is CN(C)CCc1c[nH]c2cccc(B(O)O)c12. The Balaban J connectivity index is 2.42. The van der Waals surface area contributed by atoms with Gasteiger partial charge in [0.2, 0.25) is 0 Å². The number of aromatic amines is 1. The van der Waals surface area contributed by atoms with Crippen LogP contribution < -0.4 is 5.46 Å². The fraction of sp³-hybridized carbons (Fsp3) is 0.333. The number of H-pyrrole nitrogens is 1. The molecule has 3 N–H and O–H groups in total. The summed E-state index contributed by atoms with van der Waals surface area (Å²) in [6.07, 6.45) is 2.83. The zero-order chi connectivity index (χ0) is 12.4. The molecule has 0 saturated heterocycles. The minimum Gasteiger partial charge on any atom is -0.423 e. The first-order valence-electron chi connectivity index (χ1n) is 5.69. The number of fused-ring (bicyclic) bond motifs is 1. The van der Waals surface area contributed by atoms with Crippen LogP contribution in [0.3, 0.4) is 0 Å². The van der Waals surface area contributed by atoms with E-state index in [1.807, 2.05) is 32.4 Å². The van der Waals surface area contributed by atoms with Gasteiger partial charge in [-0.1, -0.05) is 12.1 Å². The summed E-state index contributed by atoms with van der Waals surface area (Å²) in [5.41, 5.74) is 2.64. The molecule has 0 unspecified atom stereocenters. The average molecular weight is 232 g/mol. The van der Waals surface area contributed by atoms with Gasteiger partial charge in [0.25, 0.3) is 0 Å². The summed E-state index contributed by atoms with van der Waals surface area (Å²) in [7, 11) is 2.63. The van der Waals surface area contributed by atoms with Crippen molar-refractivity contribution in [2.24, 2.45) is 0 Å². The van der Waals surface area contributed by atoms with Gasteiger partial charge in [-0.25, -0.2) is 0 Å². The standard InChI is InChI=1S/C12H17BN2O2/c1-15(2)7-6-9-8-14-11-5-3-4-10(12(9)11)13(16)17/h3-5,8,14,16-17H,6-7H2,1-2H3. The van der Waals surface area contributed by atoms with Crippen LogP contribution in [-0.4, -0.2) is 47.7 Å². The largest absolute Gasteiger partial charge is 0.489 e. The second-order valence-corrected chi connectivity index (χ2v) is 4.51. The van der Waals surface area contributed by atoms with Gasteiger partial charge in [0.1, 0.15) is 0 Å². The Hall–Kier alpha value is -1.30. The number of aromatic nitrogens is 1. The fourth-order valence-electron chi connectivity index (χ4n) is 2.04. The Labute approximate surface area is 101 Å². The predicted octanol–water partition coefficient (Wildman–Crippen LogP) is -0.0482. The van der Waals surface area contributed by atoms with E-state index in [9.17, 15) is 10.0 Å². The van der Waals surface area contributed by atoms with Crippen LogP contribution in [0.25, 0.3) is 10.9 Å². The number of hydrogen-bond donors (Lipinski definition) is 3. The molecular formula is C12H17BN2O2. The molecule has 0 spiro atoms. The smallest absolute Gasteiger partial charge is 0.423 e. The number of hydrogen-bond acceptors (Lipinski definition) is 3. The Morgan fingerprint density at radius 3 is 2.71 bits per heavy atom. The van der Waals surface area contributed by atoms with Crippen LogP contribution in [0.4, 0.5) is 0 Å². The van der Waals surface area contributed by atoms with Crippen LogP contribution in [0.2, 0.25) is 0 Å². The van der Waals surface area contributed by atoms with E-state index in [0.29, 0.717) is 5.46 Å². The van der Waals surface area contributed by atoms with Gasteiger partial charge < -0.3 is 19.9 Å². The second kappa shape index (κ2) is 4.92. The van der Waals surface area contributed by atoms with Crippen LogP contribution in [-0.2, 0) is 6.42 Å². The van der Waals surface area contributed by atoms with Crippen molar-refractivity contribution in [2.45, 2.75) is 6.42 Å². The lowest BCUT2D eigenvalue weighted by atomic mass is 9.77. The minimum absolute atomic E-state index is 0.567. The van der Waals surface area contributed by atoms with Crippen LogP contribution in [0.1, 0.15) is 5.56 Å². The van der Waals surface area contributed by atoms with Gasteiger partial charge in [-0.15, -0.1) is 0 Å². The zero-order valence-electron chi connectivity index (χ0n) is 10.1. The van der Waals surface area contributed by atoms with Gasteiger partial charge >= 0.3 is 7.12 Å². The lowest BCUT2D eigenvalue weighted by molar-refractivity contribution is 0.414. The van der Waals surface area contributed by atoms with Gasteiger partial charge in [-0.05, 0) is 37.6 Å². The minimum atomic E-state index is -1.42. The number of nitrogens with zero attached hydrogens (tertiary/aromatic N) is 1. The highest BCUT2D eigenvalue weighted by Crippen LogP contribution is 2.17. The molecule has 0 aliphatic carbocycles. The van der Waals surface area contributed by atoms with Crippen LogP contribution in [0.15, 0.2) is 24.4 Å². The second-order valence-electron chi connectivity index (χ2n) is 4.51. The Bertz CT molecular complexity index is 508. The molecule has 0 saturated carbocycles. The van der Waals surface area contributed by atoms with E-state index in [-0.39, 0.29) is 0 Å². The normalized spacial score (nSPS) is 11.4. The predicted molar refractivity (Wildman–Crippen MR) is 70.4 cm³/mol. The molecule has 0 aliphatic rings. The molecule has 0 aliphatic heterocycles. The van der Waals surface area contributed by atoms with Crippen molar-refractivity contribution in [1.29, 1.82) is 0 Å². The molecule has 1 heterocycles. The van der Waals surface area contributed by atoms with E-state index in [1.165, 1.54) is 0 Å². The summed E-state index contributed by atoms with van der Waals surface area (Å²) in [6, 6.07) is 5.52. The molecular weight excluding hydrogens is 215 g/mol. The molecule has 0 atom stereocenters. The Morgan fingerprint density at radius 2 is 2.06 bits per heavy atom. The van der Waals surface area contributed by atoms with E-state index in [0.717, 1.165) is 29.4 Å². The maximum atomic E-state index is 9.37. The van der Waals surface area contributed by atoms with E-state index in [2.05, 4.69) is 9.88 Å². The summed E-state index contributed by atoms with van der Waals surface area (Å²) >= 11 is 0. The fourth-order valence-corrected chi connectivity index (χ4v) is 2.04. The van der Waals surface area contributed by atoms with Gasteiger partial charge in [-0.2, -0.15) is 0 Å². The van der Waals surface area contributed by atoms with Crippen molar-refractivity contribution in [1.82, 2.24) is 9.88 Å². The van der Waals surface area contributed by atoms with Gasteiger partial charge in [0, 0.05) is 23.6 Å². The number of likely N-dealkylation sites (N-methyl/N-ethyl adjacent to an activating group) is 1. The molecule has 0 fully saturated rings. The summed E-state index contributed by atoms with van der Waals surface area (Å²) in [4.78, 5) is 5.27. The maximum absolute atomic E-state index is 9.37. The first-order valence-corrected chi connectivity index (χ1v) is 5.69. The highest BCUT2D eigenvalue weighted by Gasteiger charge is 2.17. The van der Waals surface area contributed by atoms with Crippen molar-refractivity contribution in [3.8, 4) is 0 Å². The molecule has 17 heavy (non-hydrogen) atoms. The molecule has 1 aromatic heterocycles. The van der Waals surface area contributed by atoms with Crippen molar-refractivity contribution >= 4 is 23.5 Å². The van der Waals surface area contributed by atoms with E-state index < -0.39 is 7.12 Å². The average Bonchev–Trinajstić information content (AvgIpc) is 2.69. The molecule has 4 nitrogen and oxygen atoms in total. The third kappa shape index (κ3) is 2.52. The quantitative estimate of drug-likeness (QED) is 0.648. The van der Waals surface area contributed by atoms with E-state index >= 15 is 0 Å². The molecule has 0 radical (unpaired) electrons. The molecule has 2 aromatic rings. The van der Waals surface area contributed by atoms with Gasteiger partial charge in [0.05, 0.1) is 0 Å². The third-order valence-electron chi connectivity index (χ3n) is 2.93. The van der Waals surface area contributed by atoms with Crippen molar-refractivity contribution in [3.63, 3.8) is 0 Å². The first-order chi connectivity index (χ1) is 8.09. The van der Waals surface area contributed by atoms with Crippen molar-refractivity contribution in [2.75, 3.05) is 20.6 Å². The molecule has 0 bridgehead atoms. The van der Waals surface area contributed by atoms with Crippen LogP contribution >= 0.6 is 0 Å². The number of rotatable bonds is 4. The van der Waals surface area contributed by atoms with Crippen molar-refractivity contribution in [3.05, 3.63) is 30.0 Å². The monoisotopic (exact) mass is 232 g/mol. The summed E-state index contributed by atoms with van der Waals surface area (Å²) < 4.78 is 0. The molecule has 5 heteroatoms. The van der Waals surface area contributed by atoms with E-state index in [1.54, 1.807) is 6.07 Å². The highest BCUT2D eigenvalue weighted by molar-refractivity contribution is 6.62. The van der Waals surface area contributed by atoms with E-state index in [4.69, 9.17) is 0 Å².